The van der Waals surface area contributed by atoms with Gasteiger partial charge in [0.2, 0.25) is 5.56 Å². The summed E-state index contributed by atoms with van der Waals surface area (Å²) in [5.74, 6) is 0. The minimum absolute atomic E-state index is 0.0435. The Kier molecular flexibility index (Phi) is 2.34. The van der Waals surface area contributed by atoms with Gasteiger partial charge in [-0.15, -0.1) is 11.3 Å². The minimum atomic E-state index is -0.0435. The molecule has 17 heavy (non-hydrogen) atoms. The third-order valence-corrected chi connectivity index (χ3v) is 4.15. The minimum Gasteiger partial charge on any atom is -0.321 e. The number of aryl methyl sites for hydroxylation is 1. The molecule has 0 fully saturated rings. The van der Waals surface area contributed by atoms with E-state index in [1.54, 1.807) is 17.4 Å². The predicted octanol–water partition coefficient (Wildman–Crippen LogP) is 3.57. The first-order chi connectivity index (χ1) is 8.25. The summed E-state index contributed by atoms with van der Waals surface area (Å²) in [6.07, 6.45) is 0. The average molecular weight is 241 g/mol. The third kappa shape index (κ3) is 1.68. The van der Waals surface area contributed by atoms with Gasteiger partial charge in [0, 0.05) is 10.9 Å². The maximum atomic E-state index is 11.3. The Labute approximate surface area is 103 Å². The maximum Gasteiger partial charge on any atom is 0.248 e. The van der Waals surface area contributed by atoms with Gasteiger partial charge >= 0.3 is 0 Å². The molecule has 0 saturated heterocycles. The van der Waals surface area contributed by atoms with E-state index in [0.29, 0.717) is 0 Å². The van der Waals surface area contributed by atoms with Crippen LogP contribution in [0.4, 0.5) is 0 Å². The lowest BCUT2D eigenvalue weighted by atomic mass is 10.1. The number of hydrogen-bond acceptors (Lipinski definition) is 2. The fraction of sp³-hybridized carbons (Fsp3) is 0.0714. The number of fused-ring (bicyclic) bond motifs is 1. The van der Waals surface area contributed by atoms with Crippen LogP contribution in [-0.2, 0) is 0 Å². The van der Waals surface area contributed by atoms with Crippen molar-refractivity contribution in [2.75, 3.05) is 0 Å². The molecule has 0 bridgehead atoms. The lowest BCUT2D eigenvalue weighted by Gasteiger charge is -1.98. The van der Waals surface area contributed by atoms with Crippen molar-refractivity contribution in [2.45, 2.75) is 6.92 Å². The van der Waals surface area contributed by atoms with Crippen LogP contribution in [0.15, 0.2) is 47.3 Å². The Bertz CT molecular complexity index is 725. The lowest BCUT2D eigenvalue weighted by molar-refractivity contribution is 1.30. The Morgan fingerprint density at radius 2 is 1.82 bits per heavy atom. The number of benzene rings is 1. The standard InChI is InChI=1S/C14H11NOS/c1-9-13-11(7-8-12(16)15-13)17-14(9)10-5-3-2-4-6-10/h2-8H,1H3,(H,15,16). The molecule has 2 nitrogen and oxygen atoms in total. The van der Waals surface area contributed by atoms with Gasteiger partial charge in [-0.2, -0.15) is 0 Å². The van der Waals surface area contributed by atoms with Gasteiger partial charge in [0.1, 0.15) is 0 Å². The summed E-state index contributed by atoms with van der Waals surface area (Å²) in [5.41, 5.74) is 3.26. The second-order valence-corrected chi connectivity index (χ2v) is 5.04. The summed E-state index contributed by atoms with van der Waals surface area (Å²) < 4.78 is 1.13. The molecule has 0 spiro atoms. The Balaban J connectivity index is 2.32. The quantitative estimate of drug-likeness (QED) is 0.694. The van der Waals surface area contributed by atoms with Gasteiger partial charge in [-0.1, -0.05) is 30.3 Å². The smallest absolute Gasteiger partial charge is 0.248 e. The van der Waals surface area contributed by atoms with Crippen LogP contribution in [0.3, 0.4) is 0 Å². The van der Waals surface area contributed by atoms with E-state index in [1.165, 1.54) is 10.4 Å². The molecule has 3 aromatic rings. The monoisotopic (exact) mass is 241 g/mol. The van der Waals surface area contributed by atoms with Crippen molar-refractivity contribution in [1.29, 1.82) is 0 Å². The van der Waals surface area contributed by atoms with Crippen LogP contribution in [0.5, 0.6) is 0 Å². The molecule has 2 heterocycles. The zero-order valence-corrected chi connectivity index (χ0v) is 10.2. The van der Waals surface area contributed by atoms with Gasteiger partial charge in [0.25, 0.3) is 0 Å². The molecule has 0 aliphatic rings. The van der Waals surface area contributed by atoms with Crippen molar-refractivity contribution in [2.24, 2.45) is 0 Å². The lowest BCUT2D eigenvalue weighted by Crippen LogP contribution is -2.01. The molecular weight excluding hydrogens is 230 g/mol. The molecule has 0 amide bonds. The molecule has 0 aliphatic carbocycles. The van der Waals surface area contributed by atoms with Gasteiger partial charge in [0.05, 0.1) is 10.2 Å². The zero-order valence-electron chi connectivity index (χ0n) is 9.36. The van der Waals surface area contributed by atoms with Crippen molar-refractivity contribution < 1.29 is 0 Å². The molecule has 1 aromatic carbocycles. The summed E-state index contributed by atoms with van der Waals surface area (Å²) in [5, 5.41) is 0. The van der Waals surface area contributed by atoms with Crippen LogP contribution in [0.2, 0.25) is 0 Å². The van der Waals surface area contributed by atoms with E-state index in [9.17, 15) is 4.79 Å². The van der Waals surface area contributed by atoms with Crippen LogP contribution in [0, 0.1) is 6.92 Å². The van der Waals surface area contributed by atoms with Crippen molar-refractivity contribution in [3.8, 4) is 10.4 Å². The second kappa shape index (κ2) is 3.86. The summed E-state index contributed by atoms with van der Waals surface area (Å²) in [7, 11) is 0. The molecule has 84 valence electrons. The first-order valence-electron chi connectivity index (χ1n) is 5.43. The summed E-state index contributed by atoms with van der Waals surface area (Å²) >= 11 is 1.72. The van der Waals surface area contributed by atoms with Gasteiger partial charge in [-0.05, 0) is 24.1 Å². The normalized spacial score (nSPS) is 10.9. The molecule has 3 heteroatoms. The molecule has 0 radical (unpaired) electrons. The number of thiophene rings is 1. The van der Waals surface area contributed by atoms with Gasteiger partial charge in [-0.3, -0.25) is 4.79 Å². The predicted molar refractivity (Wildman–Crippen MR) is 72.6 cm³/mol. The van der Waals surface area contributed by atoms with E-state index in [2.05, 4.69) is 24.0 Å². The van der Waals surface area contributed by atoms with Gasteiger partial charge in [-0.25, -0.2) is 0 Å². The second-order valence-electron chi connectivity index (χ2n) is 3.98. The number of hydrogen-bond donors (Lipinski definition) is 1. The first kappa shape index (κ1) is 10.3. The van der Waals surface area contributed by atoms with E-state index in [4.69, 9.17) is 0 Å². The molecule has 1 N–H and O–H groups in total. The van der Waals surface area contributed by atoms with Crippen LogP contribution < -0.4 is 5.56 Å². The highest BCUT2D eigenvalue weighted by Crippen LogP contribution is 2.36. The van der Waals surface area contributed by atoms with E-state index >= 15 is 0 Å². The third-order valence-electron chi connectivity index (χ3n) is 2.84. The molecule has 0 aliphatic heterocycles. The van der Waals surface area contributed by atoms with Crippen LogP contribution >= 0.6 is 11.3 Å². The average Bonchev–Trinajstić information content (AvgIpc) is 2.68. The molecule has 2 aromatic heterocycles. The fourth-order valence-corrected chi connectivity index (χ4v) is 3.16. The Hall–Kier alpha value is -1.87. The van der Waals surface area contributed by atoms with E-state index in [-0.39, 0.29) is 5.56 Å². The Morgan fingerprint density at radius 1 is 1.06 bits per heavy atom. The van der Waals surface area contributed by atoms with Gasteiger partial charge in [0.15, 0.2) is 0 Å². The molecule has 0 unspecified atom stereocenters. The largest absolute Gasteiger partial charge is 0.321 e. The van der Waals surface area contributed by atoms with Crippen LogP contribution in [0.25, 0.3) is 20.7 Å². The molecule has 3 rings (SSSR count). The summed E-state index contributed by atoms with van der Waals surface area (Å²) in [6.45, 7) is 2.05. The molecular formula is C14H11NOS. The summed E-state index contributed by atoms with van der Waals surface area (Å²) in [4.78, 5) is 15.5. The molecule has 0 atom stereocenters. The van der Waals surface area contributed by atoms with Crippen molar-refractivity contribution in [3.05, 3.63) is 58.4 Å². The first-order valence-corrected chi connectivity index (χ1v) is 6.25. The summed E-state index contributed by atoms with van der Waals surface area (Å²) in [6, 6.07) is 13.7. The topological polar surface area (TPSA) is 32.9 Å². The highest BCUT2D eigenvalue weighted by molar-refractivity contribution is 7.22. The highest BCUT2D eigenvalue weighted by atomic mass is 32.1. The van der Waals surface area contributed by atoms with E-state index < -0.39 is 0 Å². The number of H-pyrrole nitrogens is 1. The van der Waals surface area contributed by atoms with Crippen molar-refractivity contribution in [1.82, 2.24) is 4.98 Å². The van der Waals surface area contributed by atoms with Gasteiger partial charge < -0.3 is 4.98 Å². The van der Waals surface area contributed by atoms with E-state index in [0.717, 1.165) is 15.8 Å². The van der Waals surface area contributed by atoms with Crippen molar-refractivity contribution >= 4 is 21.6 Å². The van der Waals surface area contributed by atoms with E-state index in [1.807, 2.05) is 24.3 Å². The number of aromatic nitrogens is 1. The fourth-order valence-electron chi connectivity index (χ4n) is 1.99. The van der Waals surface area contributed by atoms with Crippen molar-refractivity contribution in [3.63, 3.8) is 0 Å². The number of nitrogens with one attached hydrogen (secondary N) is 1. The number of aromatic amines is 1. The Morgan fingerprint density at radius 3 is 2.59 bits per heavy atom. The molecule has 0 saturated carbocycles. The number of rotatable bonds is 1. The number of pyridine rings is 1. The van der Waals surface area contributed by atoms with Crippen LogP contribution in [0.1, 0.15) is 5.56 Å². The highest BCUT2D eigenvalue weighted by Gasteiger charge is 2.10. The zero-order chi connectivity index (χ0) is 11.8. The van der Waals surface area contributed by atoms with Crippen LogP contribution in [-0.4, -0.2) is 4.98 Å². The SMILES string of the molecule is Cc1c(-c2ccccc2)sc2ccc(=O)[nH]c12. The maximum absolute atomic E-state index is 11.3.